The van der Waals surface area contributed by atoms with Crippen LogP contribution in [0.2, 0.25) is 0 Å². The maximum absolute atomic E-state index is 11.3. The van der Waals surface area contributed by atoms with Crippen molar-refractivity contribution in [3.05, 3.63) is 12.7 Å². The van der Waals surface area contributed by atoms with E-state index in [2.05, 4.69) is 11.3 Å². The predicted molar refractivity (Wildman–Crippen MR) is 61.5 cm³/mol. The molecular formula is C8H15NO4S2. The second-order valence-electron chi connectivity index (χ2n) is 2.78. The van der Waals surface area contributed by atoms with Gasteiger partial charge in [-0.05, 0) is 6.92 Å². The van der Waals surface area contributed by atoms with E-state index in [0.29, 0.717) is 5.75 Å². The van der Waals surface area contributed by atoms with Gasteiger partial charge in [-0.2, -0.15) is 11.8 Å². The van der Waals surface area contributed by atoms with Crippen molar-refractivity contribution >= 4 is 27.8 Å². The van der Waals surface area contributed by atoms with Crippen molar-refractivity contribution in [1.82, 2.24) is 4.72 Å². The molecule has 0 saturated heterocycles. The average molecular weight is 253 g/mol. The molecule has 0 amide bonds. The van der Waals surface area contributed by atoms with Gasteiger partial charge in [-0.3, -0.25) is 4.79 Å². The van der Waals surface area contributed by atoms with Crippen LogP contribution in [-0.2, 0) is 14.8 Å². The maximum Gasteiger partial charge on any atom is 0.323 e. The Kier molecular flexibility index (Phi) is 6.62. The molecule has 7 heteroatoms. The highest BCUT2D eigenvalue weighted by molar-refractivity contribution is 7.99. The van der Waals surface area contributed by atoms with Crippen LogP contribution in [0.25, 0.3) is 0 Å². The highest BCUT2D eigenvalue weighted by Crippen LogP contribution is 2.01. The van der Waals surface area contributed by atoms with Crippen molar-refractivity contribution in [2.45, 2.75) is 12.2 Å². The molecule has 0 aromatic carbocycles. The van der Waals surface area contributed by atoms with E-state index in [0.717, 1.165) is 12.7 Å². The van der Waals surface area contributed by atoms with Crippen LogP contribution >= 0.6 is 11.8 Å². The van der Waals surface area contributed by atoms with Crippen LogP contribution in [0.3, 0.4) is 0 Å². The fourth-order valence-corrected chi connectivity index (χ4v) is 2.29. The normalized spacial score (nSPS) is 13.4. The Bertz CT molecular complexity index is 313. The summed E-state index contributed by atoms with van der Waals surface area (Å²) in [6.45, 7) is 4.90. The zero-order valence-corrected chi connectivity index (χ0v) is 10.1. The van der Waals surface area contributed by atoms with Crippen LogP contribution < -0.4 is 4.72 Å². The van der Waals surface area contributed by atoms with Crippen molar-refractivity contribution in [3.63, 3.8) is 0 Å². The molecule has 0 aliphatic heterocycles. The summed E-state index contributed by atoms with van der Waals surface area (Å²) in [5.74, 6) is -0.00500. The Morgan fingerprint density at radius 1 is 1.67 bits per heavy atom. The predicted octanol–water partition coefficient (Wildman–Crippen LogP) is 0.298. The van der Waals surface area contributed by atoms with Crippen molar-refractivity contribution < 1.29 is 18.3 Å². The second kappa shape index (κ2) is 6.86. The van der Waals surface area contributed by atoms with Gasteiger partial charge >= 0.3 is 5.97 Å². The first-order valence-electron chi connectivity index (χ1n) is 4.31. The molecule has 1 atom stereocenters. The first-order valence-corrected chi connectivity index (χ1v) is 7.02. The van der Waals surface area contributed by atoms with Gasteiger partial charge in [0, 0.05) is 18.1 Å². The largest absolute Gasteiger partial charge is 0.480 e. The van der Waals surface area contributed by atoms with E-state index in [9.17, 15) is 13.2 Å². The van der Waals surface area contributed by atoms with Gasteiger partial charge in [-0.15, -0.1) is 6.58 Å². The first kappa shape index (κ1) is 14.5. The summed E-state index contributed by atoms with van der Waals surface area (Å²) in [5, 5.41) is 7.11. The number of carboxylic acid groups (broad SMARTS) is 1. The molecule has 0 aliphatic carbocycles. The molecule has 0 spiro atoms. The Labute approximate surface area is 94.0 Å². The monoisotopic (exact) mass is 253 g/mol. The Hall–Kier alpha value is -0.530. The fourth-order valence-electron chi connectivity index (χ4n) is 0.680. The number of rotatable bonds is 8. The van der Waals surface area contributed by atoms with E-state index < -0.39 is 21.2 Å². The second-order valence-corrected chi connectivity index (χ2v) is 6.02. The number of aliphatic carboxylic acids is 1. The van der Waals surface area contributed by atoms with Crippen LogP contribution in [-0.4, -0.2) is 42.8 Å². The number of thioether (sulfide) groups is 1. The SMILES string of the molecule is C=CCSCCNS(=O)(=O)C(C)C(=O)O. The molecule has 0 aliphatic rings. The van der Waals surface area contributed by atoms with E-state index in [4.69, 9.17) is 5.11 Å². The number of carbonyl (C=O) groups is 1. The number of sulfonamides is 1. The molecular weight excluding hydrogens is 238 g/mol. The van der Waals surface area contributed by atoms with Gasteiger partial charge in [0.25, 0.3) is 0 Å². The Morgan fingerprint density at radius 2 is 2.27 bits per heavy atom. The fraction of sp³-hybridized carbons (Fsp3) is 0.625. The summed E-state index contributed by atoms with van der Waals surface area (Å²) in [7, 11) is -3.74. The molecule has 0 bridgehead atoms. The summed E-state index contributed by atoms with van der Waals surface area (Å²) in [5.41, 5.74) is 0. The van der Waals surface area contributed by atoms with Crippen LogP contribution in [0.4, 0.5) is 0 Å². The lowest BCUT2D eigenvalue weighted by molar-refractivity contribution is -0.136. The zero-order chi connectivity index (χ0) is 11.9. The van der Waals surface area contributed by atoms with E-state index in [1.54, 1.807) is 6.08 Å². The molecule has 0 aromatic heterocycles. The van der Waals surface area contributed by atoms with Gasteiger partial charge < -0.3 is 5.11 Å². The van der Waals surface area contributed by atoms with E-state index in [1.807, 2.05) is 0 Å². The number of carboxylic acids is 1. The molecule has 88 valence electrons. The van der Waals surface area contributed by atoms with Crippen LogP contribution in [0.15, 0.2) is 12.7 Å². The minimum atomic E-state index is -3.74. The van der Waals surface area contributed by atoms with Gasteiger partial charge in [-0.1, -0.05) is 6.08 Å². The number of hydrogen-bond acceptors (Lipinski definition) is 4. The zero-order valence-electron chi connectivity index (χ0n) is 8.47. The quantitative estimate of drug-likeness (QED) is 0.480. The van der Waals surface area contributed by atoms with Crippen LogP contribution in [0, 0.1) is 0 Å². The standard InChI is InChI=1S/C8H15NO4S2/c1-3-5-14-6-4-9-15(12,13)7(2)8(10)11/h3,7,9H,1,4-6H2,2H3,(H,10,11). The molecule has 0 heterocycles. The third-order valence-electron chi connectivity index (χ3n) is 1.60. The number of nitrogens with one attached hydrogen (secondary N) is 1. The van der Waals surface area contributed by atoms with Gasteiger partial charge in [0.15, 0.2) is 5.25 Å². The van der Waals surface area contributed by atoms with Crippen LogP contribution in [0.5, 0.6) is 0 Å². The summed E-state index contributed by atoms with van der Waals surface area (Å²) in [6.07, 6.45) is 1.72. The highest BCUT2D eigenvalue weighted by Gasteiger charge is 2.26. The van der Waals surface area contributed by atoms with Crippen molar-refractivity contribution in [1.29, 1.82) is 0 Å². The Morgan fingerprint density at radius 3 is 2.73 bits per heavy atom. The van der Waals surface area contributed by atoms with Gasteiger partial charge in [0.1, 0.15) is 0 Å². The molecule has 1 unspecified atom stereocenters. The molecule has 5 nitrogen and oxygen atoms in total. The number of hydrogen-bond donors (Lipinski definition) is 2. The maximum atomic E-state index is 11.3. The van der Waals surface area contributed by atoms with Gasteiger partial charge in [0.2, 0.25) is 10.0 Å². The molecule has 0 rings (SSSR count). The third-order valence-corrected chi connectivity index (χ3v) is 4.30. The van der Waals surface area contributed by atoms with E-state index in [1.165, 1.54) is 11.8 Å². The third kappa shape index (κ3) is 5.81. The van der Waals surface area contributed by atoms with E-state index >= 15 is 0 Å². The lowest BCUT2D eigenvalue weighted by Crippen LogP contribution is -2.38. The molecule has 0 saturated carbocycles. The summed E-state index contributed by atoms with van der Waals surface area (Å²) in [6, 6.07) is 0. The summed E-state index contributed by atoms with van der Waals surface area (Å²) >= 11 is 1.52. The van der Waals surface area contributed by atoms with Gasteiger partial charge in [0.05, 0.1) is 0 Å². The molecule has 0 fully saturated rings. The molecule has 0 radical (unpaired) electrons. The molecule has 0 aromatic rings. The first-order chi connectivity index (χ1) is 6.91. The minimum absolute atomic E-state index is 0.235. The van der Waals surface area contributed by atoms with Crippen LogP contribution in [0.1, 0.15) is 6.92 Å². The van der Waals surface area contributed by atoms with Crippen molar-refractivity contribution in [3.8, 4) is 0 Å². The average Bonchev–Trinajstić information content (AvgIpc) is 2.16. The molecule has 15 heavy (non-hydrogen) atoms. The highest BCUT2D eigenvalue weighted by atomic mass is 32.2. The summed E-state index contributed by atoms with van der Waals surface area (Å²) in [4.78, 5) is 10.4. The lowest BCUT2D eigenvalue weighted by Gasteiger charge is -2.09. The topological polar surface area (TPSA) is 83.5 Å². The van der Waals surface area contributed by atoms with Gasteiger partial charge in [-0.25, -0.2) is 13.1 Å². The van der Waals surface area contributed by atoms with Crippen molar-refractivity contribution in [2.24, 2.45) is 0 Å². The Balaban J connectivity index is 3.95. The minimum Gasteiger partial charge on any atom is -0.480 e. The van der Waals surface area contributed by atoms with E-state index in [-0.39, 0.29) is 6.54 Å². The summed E-state index contributed by atoms with van der Waals surface area (Å²) < 4.78 is 24.8. The molecule has 2 N–H and O–H groups in total. The lowest BCUT2D eigenvalue weighted by atomic mass is 10.5. The van der Waals surface area contributed by atoms with Crippen molar-refractivity contribution in [2.75, 3.05) is 18.1 Å². The smallest absolute Gasteiger partial charge is 0.323 e.